The van der Waals surface area contributed by atoms with Gasteiger partial charge in [-0.05, 0) is 36.3 Å². The zero-order valence-corrected chi connectivity index (χ0v) is 17.5. The van der Waals surface area contributed by atoms with Gasteiger partial charge in [-0.25, -0.2) is 0 Å². The van der Waals surface area contributed by atoms with E-state index < -0.39 is 12.1 Å². The van der Waals surface area contributed by atoms with Crippen LogP contribution in [0.4, 0.5) is 0 Å². The summed E-state index contributed by atoms with van der Waals surface area (Å²) in [5.74, 6) is -0.464. The van der Waals surface area contributed by atoms with Crippen LogP contribution in [0.25, 0.3) is 0 Å². The van der Waals surface area contributed by atoms with E-state index in [9.17, 15) is 14.4 Å². The van der Waals surface area contributed by atoms with E-state index in [-0.39, 0.29) is 35.7 Å². The van der Waals surface area contributed by atoms with Gasteiger partial charge in [-0.2, -0.15) is 0 Å². The Labute approximate surface area is 167 Å². The predicted molar refractivity (Wildman–Crippen MR) is 108 cm³/mol. The molecule has 2 amide bonds. The molecule has 0 aromatic heterocycles. The molecule has 6 heteroatoms. The molecule has 2 rings (SSSR count). The van der Waals surface area contributed by atoms with E-state index in [0.717, 1.165) is 0 Å². The number of hydrogen-bond donors (Lipinski definition) is 2. The molecular weight excluding hydrogens is 356 g/mol. The summed E-state index contributed by atoms with van der Waals surface area (Å²) in [5.41, 5.74) is 0.320. The second-order valence-corrected chi connectivity index (χ2v) is 8.45. The summed E-state index contributed by atoms with van der Waals surface area (Å²) in [5, 5.41) is 5.68. The highest BCUT2D eigenvalue weighted by atomic mass is 16.5. The lowest BCUT2D eigenvalue weighted by Gasteiger charge is -2.33. The highest BCUT2D eigenvalue weighted by Crippen LogP contribution is 2.31. The van der Waals surface area contributed by atoms with Crippen LogP contribution in [0.3, 0.4) is 0 Å². The summed E-state index contributed by atoms with van der Waals surface area (Å²) in [6.07, 6.45) is 0.781. The van der Waals surface area contributed by atoms with Crippen molar-refractivity contribution in [3.8, 4) is 0 Å². The number of amides is 2. The van der Waals surface area contributed by atoms with Gasteiger partial charge < -0.3 is 15.4 Å². The van der Waals surface area contributed by atoms with Crippen LogP contribution in [0.1, 0.15) is 57.8 Å². The standard InChI is InChI=1S/C22H32N2O4/c1-6-18-19(17(25)13-28-18)24-21(27)16(12-22(4,5)14(2)3)23-20(26)15-10-8-7-9-11-15/h7-11,14,16,18-19H,6,12-13H2,1-5H3,(H,23,26)(H,24,27)/t16?,18-,19?/m0/s1. The van der Waals surface area contributed by atoms with Gasteiger partial charge in [0.2, 0.25) is 5.91 Å². The van der Waals surface area contributed by atoms with Crippen LogP contribution < -0.4 is 10.6 Å². The summed E-state index contributed by atoms with van der Waals surface area (Å²) in [6, 6.07) is 7.41. The average Bonchev–Trinajstić information content (AvgIpc) is 3.01. The van der Waals surface area contributed by atoms with Gasteiger partial charge in [-0.3, -0.25) is 14.4 Å². The molecule has 1 saturated heterocycles. The second kappa shape index (κ2) is 9.32. The Morgan fingerprint density at radius 2 is 1.86 bits per heavy atom. The molecule has 0 bridgehead atoms. The molecule has 0 aliphatic carbocycles. The highest BCUT2D eigenvalue weighted by Gasteiger charge is 2.38. The van der Waals surface area contributed by atoms with E-state index in [1.807, 2.05) is 13.0 Å². The van der Waals surface area contributed by atoms with Gasteiger partial charge >= 0.3 is 0 Å². The number of rotatable bonds is 8. The number of carbonyl (C=O) groups excluding carboxylic acids is 3. The number of Topliss-reactive ketones (excluding diaryl/α,β-unsaturated/α-hetero) is 1. The molecule has 28 heavy (non-hydrogen) atoms. The van der Waals surface area contributed by atoms with E-state index >= 15 is 0 Å². The predicted octanol–water partition coefficient (Wildman–Crippen LogP) is 2.72. The average molecular weight is 389 g/mol. The number of carbonyl (C=O) groups is 3. The number of nitrogens with one attached hydrogen (secondary N) is 2. The Morgan fingerprint density at radius 3 is 2.43 bits per heavy atom. The van der Waals surface area contributed by atoms with Crippen LogP contribution in [-0.4, -0.2) is 42.4 Å². The summed E-state index contributed by atoms with van der Waals surface area (Å²) < 4.78 is 5.45. The van der Waals surface area contributed by atoms with Gasteiger partial charge in [0, 0.05) is 5.56 Å². The Hall–Kier alpha value is -2.21. The molecular formula is C22H32N2O4. The van der Waals surface area contributed by atoms with Crippen molar-refractivity contribution in [1.82, 2.24) is 10.6 Å². The molecule has 2 unspecified atom stereocenters. The van der Waals surface area contributed by atoms with Crippen LogP contribution in [-0.2, 0) is 14.3 Å². The van der Waals surface area contributed by atoms with Crippen molar-refractivity contribution in [1.29, 1.82) is 0 Å². The molecule has 0 spiro atoms. The first-order valence-corrected chi connectivity index (χ1v) is 9.96. The normalized spacial score (nSPS) is 20.9. The zero-order chi connectivity index (χ0) is 20.9. The van der Waals surface area contributed by atoms with Crippen LogP contribution in [0.15, 0.2) is 30.3 Å². The largest absolute Gasteiger partial charge is 0.368 e. The molecule has 1 aromatic rings. The minimum atomic E-state index is -0.740. The molecule has 1 heterocycles. The van der Waals surface area contributed by atoms with Crippen molar-refractivity contribution in [2.75, 3.05) is 6.61 Å². The lowest BCUT2D eigenvalue weighted by Crippen LogP contribution is -2.54. The molecule has 2 N–H and O–H groups in total. The third-order valence-electron chi connectivity index (χ3n) is 5.81. The van der Waals surface area contributed by atoms with Crippen LogP contribution in [0, 0.1) is 11.3 Å². The van der Waals surface area contributed by atoms with E-state index in [1.165, 1.54) is 0 Å². The van der Waals surface area contributed by atoms with Gasteiger partial charge in [-0.1, -0.05) is 52.8 Å². The van der Waals surface area contributed by atoms with Crippen molar-refractivity contribution in [3.05, 3.63) is 35.9 Å². The molecule has 154 valence electrons. The van der Waals surface area contributed by atoms with Crippen LogP contribution >= 0.6 is 0 Å². The van der Waals surface area contributed by atoms with Crippen LogP contribution in [0.5, 0.6) is 0 Å². The number of benzene rings is 1. The van der Waals surface area contributed by atoms with E-state index in [4.69, 9.17) is 4.74 Å². The number of ketones is 1. The molecule has 0 radical (unpaired) electrons. The lowest BCUT2D eigenvalue weighted by atomic mass is 9.76. The molecule has 0 saturated carbocycles. The number of ether oxygens (including phenoxy) is 1. The first-order valence-electron chi connectivity index (χ1n) is 9.96. The van der Waals surface area contributed by atoms with Gasteiger partial charge in [0.1, 0.15) is 18.7 Å². The van der Waals surface area contributed by atoms with E-state index in [2.05, 4.69) is 38.3 Å². The minimum Gasteiger partial charge on any atom is -0.368 e. The van der Waals surface area contributed by atoms with Gasteiger partial charge in [0.25, 0.3) is 5.91 Å². The summed E-state index contributed by atoms with van der Waals surface area (Å²) in [6.45, 7) is 10.3. The Balaban J connectivity index is 2.18. The Morgan fingerprint density at radius 1 is 1.21 bits per heavy atom. The monoisotopic (exact) mass is 388 g/mol. The van der Waals surface area contributed by atoms with Gasteiger partial charge in [0.15, 0.2) is 5.78 Å². The molecule has 1 fully saturated rings. The SMILES string of the molecule is CC[C@@H]1OCC(=O)C1NC(=O)C(CC(C)(C)C(C)C)NC(=O)c1ccccc1. The first-order chi connectivity index (χ1) is 13.2. The highest BCUT2D eigenvalue weighted by molar-refractivity contribution is 5.99. The van der Waals surface area contributed by atoms with Gasteiger partial charge in [-0.15, -0.1) is 0 Å². The minimum absolute atomic E-state index is 0.0159. The maximum Gasteiger partial charge on any atom is 0.251 e. The quantitative estimate of drug-likeness (QED) is 0.717. The summed E-state index contributed by atoms with van der Waals surface area (Å²) in [4.78, 5) is 37.8. The zero-order valence-electron chi connectivity index (χ0n) is 17.5. The molecule has 1 aliphatic rings. The van der Waals surface area contributed by atoms with Gasteiger partial charge in [0.05, 0.1) is 6.10 Å². The maximum absolute atomic E-state index is 13.0. The van der Waals surface area contributed by atoms with E-state index in [0.29, 0.717) is 24.3 Å². The third-order valence-corrected chi connectivity index (χ3v) is 5.81. The summed E-state index contributed by atoms with van der Waals surface area (Å²) in [7, 11) is 0. The Kier molecular flexibility index (Phi) is 7.35. The van der Waals surface area contributed by atoms with Crippen molar-refractivity contribution in [2.24, 2.45) is 11.3 Å². The molecule has 6 nitrogen and oxygen atoms in total. The fraction of sp³-hybridized carbons (Fsp3) is 0.591. The fourth-order valence-electron chi connectivity index (χ4n) is 3.17. The first kappa shape index (κ1) is 22.1. The van der Waals surface area contributed by atoms with Crippen molar-refractivity contribution in [3.63, 3.8) is 0 Å². The van der Waals surface area contributed by atoms with E-state index in [1.54, 1.807) is 24.3 Å². The van der Waals surface area contributed by atoms with Crippen molar-refractivity contribution >= 4 is 17.6 Å². The van der Waals surface area contributed by atoms with Crippen molar-refractivity contribution < 1.29 is 19.1 Å². The molecule has 3 atom stereocenters. The Bertz CT molecular complexity index is 700. The smallest absolute Gasteiger partial charge is 0.251 e. The second-order valence-electron chi connectivity index (χ2n) is 8.45. The topological polar surface area (TPSA) is 84.5 Å². The maximum atomic E-state index is 13.0. The molecule has 1 aromatic carbocycles. The van der Waals surface area contributed by atoms with Crippen molar-refractivity contribution in [2.45, 2.75) is 65.6 Å². The lowest BCUT2D eigenvalue weighted by molar-refractivity contribution is -0.128. The fourth-order valence-corrected chi connectivity index (χ4v) is 3.17. The molecule has 1 aliphatic heterocycles. The third kappa shape index (κ3) is 5.41. The summed E-state index contributed by atoms with van der Waals surface area (Å²) >= 11 is 0. The number of hydrogen-bond acceptors (Lipinski definition) is 4. The van der Waals surface area contributed by atoms with Crippen LogP contribution in [0.2, 0.25) is 0 Å².